The number of benzene rings is 1. The van der Waals surface area contributed by atoms with Gasteiger partial charge >= 0.3 is 0 Å². The average molecular weight is 263 g/mol. The van der Waals surface area contributed by atoms with Gasteiger partial charge in [-0.3, -0.25) is 4.79 Å². The molecule has 2 aromatic rings. The van der Waals surface area contributed by atoms with Crippen molar-refractivity contribution in [1.29, 1.82) is 0 Å². The quantitative estimate of drug-likeness (QED) is 0.883. The lowest BCUT2D eigenvalue weighted by molar-refractivity contribution is 0.591. The van der Waals surface area contributed by atoms with E-state index >= 15 is 0 Å². The second-order valence-corrected chi connectivity index (χ2v) is 6.00. The summed E-state index contributed by atoms with van der Waals surface area (Å²) in [5, 5.41) is 0.630. The Hall–Kier alpha value is -1.33. The minimum atomic E-state index is -0.207. The molecule has 1 heterocycles. The fraction of sp³-hybridized carbons (Fsp3) is 0.385. The third-order valence-electron chi connectivity index (χ3n) is 2.37. The molecule has 96 valence electrons. The lowest BCUT2D eigenvalue weighted by Crippen LogP contribution is -2.34. The summed E-state index contributed by atoms with van der Waals surface area (Å²) in [5.74, 6) is 2.19. The number of fused-ring (bicyclic) bond motifs is 1. The molecule has 0 unspecified atom stereocenters. The van der Waals surface area contributed by atoms with Crippen molar-refractivity contribution in [3.8, 4) is 0 Å². The summed E-state index contributed by atoms with van der Waals surface area (Å²) in [6.07, 6.45) is 0. The Bertz CT molecular complexity index is 601. The van der Waals surface area contributed by atoms with Crippen molar-refractivity contribution in [2.75, 3.05) is 5.75 Å². The van der Waals surface area contributed by atoms with Crippen molar-refractivity contribution in [1.82, 2.24) is 9.97 Å². The van der Waals surface area contributed by atoms with Crippen LogP contribution in [-0.2, 0) is 5.75 Å². The van der Waals surface area contributed by atoms with Crippen molar-refractivity contribution < 1.29 is 0 Å². The van der Waals surface area contributed by atoms with Crippen LogP contribution in [0, 0.1) is 0 Å². The van der Waals surface area contributed by atoms with Gasteiger partial charge in [0, 0.05) is 11.3 Å². The van der Waals surface area contributed by atoms with Gasteiger partial charge in [-0.25, -0.2) is 4.98 Å². The van der Waals surface area contributed by atoms with Crippen molar-refractivity contribution in [3.05, 3.63) is 40.4 Å². The summed E-state index contributed by atoms with van der Waals surface area (Å²) < 4.78 is 0. The summed E-state index contributed by atoms with van der Waals surface area (Å²) in [6, 6.07) is 7.35. The summed E-state index contributed by atoms with van der Waals surface area (Å²) >= 11 is 1.67. The molecule has 0 saturated heterocycles. The van der Waals surface area contributed by atoms with Gasteiger partial charge in [-0.2, -0.15) is 11.8 Å². The minimum absolute atomic E-state index is 0.0804. The van der Waals surface area contributed by atoms with E-state index in [2.05, 4.69) is 9.97 Å². The van der Waals surface area contributed by atoms with Gasteiger partial charge in [-0.15, -0.1) is 0 Å². The Balaban J connectivity index is 2.17. The van der Waals surface area contributed by atoms with Gasteiger partial charge in [0.25, 0.3) is 5.56 Å². The first-order chi connectivity index (χ1) is 8.46. The standard InChI is InChI=1S/C13H17N3OS/c1-13(2,14)8-18-7-11-15-10-6-4-3-5-9(10)12(17)16-11/h3-6H,7-8,14H2,1-2H3,(H,15,16,17). The highest BCUT2D eigenvalue weighted by atomic mass is 32.2. The van der Waals surface area contributed by atoms with Crippen LogP contribution in [0.15, 0.2) is 29.1 Å². The molecule has 0 aliphatic carbocycles. The molecule has 2 rings (SSSR count). The minimum Gasteiger partial charge on any atom is -0.325 e. The van der Waals surface area contributed by atoms with E-state index in [-0.39, 0.29) is 11.1 Å². The predicted molar refractivity (Wildman–Crippen MR) is 76.8 cm³/mol. The van der Waals surface area contributed by atoms with Crippen LogP contribution < -0.4 is 11.3 Å². The molecule has 4 nitrogen and oxygen atoms in total. The highest BCUT2D eigenvalue weighted by Crippen LogP contribution is 2.14. The molecular weight excluding hydrogens is 246 g/mol. The van der Waals surface area contributed by atoms with Crippen LogP contribution >= 0.6 is 11.8 Å². The number of H-pyrrole nitrogens is 1. The molecular formula is C13H17N3OS. The van der Waals surface area contributed by atoms with Gasteiger partial charge in [0.2, 0.25) is 0 Å². The van der Waals surface area contributed by atoms with E-state index < -0.39 is 0 Å². The lowest BCUT2D eigenvalue weighted by atomic mass is 10.1. The fourth-order valence-corrected chi connectivity index (χ4v) is 2.57. The Kier molecular flexibility index (Phi) is 3.73. The third kappa shape index (κ3) is 3.34. The molecule has 1 aromatic heterocycles. The van der Waals surface area contributed by atoms with Crippen molar-refractivity contribution >= 4 is 22.7 Å². The molecule has 0 saturated carbocycles. The number of hydrogen-bond acceptors (Lipinski definition) is 4. The summed E-state index contributed by atoms with van der Waals surface area (Å²) in [4.78, 5) is 19.1. The maximum atomic E-state index is 11.8. The van der Waals surface area contributed by atoms with Crippen LogP contribution in [0.5, 0.6) is 0 Å². The number of nitrogens with two attached hydrogens (primary N) is 1. The zero-order valence-electron chi connectivity index (χ0n) is 10.6. The van der Waals surface area contributed by atoms with Gasteiger partial charge in [-0.05, 0) is 26.0 Å². The second-order valence-electron chi connectivity index (χ2n) is 5.01. The highest BCUT2D eigenvalue weighted by Gasteiger charge is 2.11. The van der Waals surface area contributed by atoms with Crippen LogP contribution in [0.25, 0.3) is 10.9 Å². The Labute approximate surface area is 110 Å². The number of rotatable bonds is 4. The first-order valence-electron chi connectivity index (χ1n) is 5.80. The average Bonchev–Trinajstić information content (AvgIpc) is 2.27. The molecule has 0 aliphatic heterocycles. The zero-order chi connectivity index (χ0) is 13.2. The van der Waals surface area contributed by atoms with E-state index in [1.165, 1.54) is 0 Å². The number of aromatic nitrogens is 2. The number of hydrogen-bond donors (Lipinski definition) is 2. The van der Waals surface area contributed by atoms with Crippen LogP contribution in [0.3, 0.4) is 0 Å². The van der Waals surface area contributed by atoms with E-state index in [9.17, 15) is 4.79 Å². The SMILES string of the molecule is CC(C)(N)CSCc1nc2ccccc2c(=O)[nH]1. The molecule has 1 aromatic carbocycles. The fourth-order valence-electron chi connectivity index (χ4n) is 1.61. The molecule has 0 bridgehead atoms. The highest BCUT2D eigenvalue weighted by molar-refractivity contribution is 7.98. The van der Waals surface area contributed by atoms with Crippen LogP contribution in [0.1, 0.15) is 19.7 Å². The summed E-state index contributed by atoms with van der Waals surface area (Å²) in [7, 11) is 0. The molecule has 5 heteroatoms. The van der Waals surface area contributed by atoms with Gasteiger partial charge in [0.15, 0.2) is 0 Å². The Morgan fingerprint density at radius 2 is 2.11 bits per heavy atom. The maximum absolute atomic E-state index is 11.8. The van der Waals surface area contributed by atoms with Gasteiger partial charge in [-0.1, -0.05) is 12.1 Å². The Morgan fingerprint density at radius 1 is 1.39 bits per heavy atom. The largest absolute Gasteiger partial charge is 0.325 e. The van der Waals surface area contributed by atoms with Crippen molar-refractivity contribution in [3.63, 3.8) is 0 Å². The van der Waals surface area contributed by atoms with Crippen molar-refractivity contribution in [2.24, 2.45) is 5.73 Å². The Morgan fingerprint density at radius 3 is 2.83 bits per heavy atom. The summed E-state index contributed by atoms with van der Waals surface area (Å²) in [5.41, 5.74) is 6.36. The van der Waals surface area contributed by atoms with Crippen LogP contribution in [-0.4, -0.2) is 21.3 Å². The number of aromatic amines is 1. The molecule has 0 aliphatic rings. The molecule has 0 atom stereocenters. The smallest absolute Gasteiger partial charge is 0.258 e. The molecule has 0 fully saturated rings. The topological polar surface area (TPSA) is 71.8 Å². The number of thioether (sulfide) groups is 1. The molecule has 0 spiro atoms. The number of nitrogens with one attached hydrogen (secondary N) is 1. The van der Waals surface area contributed by atoms with E-state index in [1.807, 2.05) is 32.0 Å². The van der Waals surface area contributed by atoms with Crippen LogP contribution in [0.2, 0.25) is 0 Å². The number of nitrogens with zero attached hydrogens (tertiary/aromatic N) is 1. The monoisotopic (exact) mass is 263 g/mol. The summed E-state index contributed by atoms with van der Waals surface area (Å²) in [6.45, 7) is 3.97. The lowest BCUT2D eigenvalue weighted by Gasteiger charge is -2.17. The van der Waals surface area contributed by atoms with Gasteiger partial charge < -0.3 is 10.7 Å². The molecule has 3 N–H and O–H groups in total. The first kappa shape index (κ1) is 13.1. The number of para-hydroxylation sites is 1. The van der Waals surface area contributed by atoms with Crippen molar-refractivity contribution in [2.45, 2.75) is 25.1 Å². The van der Waals surface area contributed by atoms with E-state index in [1.54, 1.807) is 17.8 Å². The first-order valence-corrected chi connectivity index (χ1v) is 6.96. The molecule has 0 radical (unpaired) electrons. The predicted octanol–water partition coefficient (Wildman–Crippen LogP) is 1.89. The normalized spacial score (nSPS) is 11.9. The zero-order valence-corrected chi connectivity index (χ0v) is 11.4. The van der Waals surface area contributed by atoms with Gasteiger partial charge in [0.05, 0.1) is 16.7 Å². The maximum Gasteiger partial charge on any atom is 0.258 e. The van der Waals surface area contributed by atoms with E-state index in [4.69, 9.17) is 5.73 Å². The van der Waals surface area contributed by atoms with E-state index in [0.29, 0.717) is 17.0 Å². The second kappa shape index (κ2) is 5.12. The van der Waals surface area contributed by atoms with Gasteiger partial charge in [0.1, 0.15) is 5.82 Å². The van der Waals surface area contributed by atoms with E-state index in [0.717, 1.165) is 11.3 Å². The van der Waals surface area contributed by atoms with Crippen LogP contribution in [0.4, 0.5) is 0 Å². The third-order valence-corrected chi connectivity index (χ3v) is 3.80. The molecule has 18 heavy (non-hydrogen) atoms. The molecule has 0 amide bonds.